The number of aromatic nitrogens is 1. The summed E-state index contributed by atoms with van der Waals surface area (Å²) in [6.07, 6.45) is 1.32. The summed E-state index contributed by atoms with van der Waals surface area (Å²) in [6.45, 7) is 1.41. The number of nitrogens with one attached hydrogen (secondary N) is 1. The van der Waals surface area contributed by atoms with Crippen molar-refractivity contribution in [3.63, 3.8) is 0 Å². The van der Waals surface area contributed by atoms with Crippen molar-refractivity contribution >= 4 is 34.0 Å². The van der Waals surface area contributed by atoms with Crippen molar-refractivity contribution in [3.05, 3.63) is 45.9 Å². The van der Waals surface area contributed by atoms with Gasteiger partial charge in [0.15, 0.2) is 5.13 Å². The zero-order valence-corrected chi connectivity index (χ0v) is 11.8. The number of hydrogen-bond acceptors (Lipinski definition) is 4. The lowest BCUT2D eigenvalue weighted by Gasteiger charge is -2.03. The van der Waals surface area contributed by atoms with Crippen molar-refractivity contribution < 1.29 is 9.90 Å². The Bertz CT molecular complexity index is 584. The van der Waals surface area contributed by atoms with Crippen LogP contribution in [-0.2, 0) is 11.2 Å². The molecule has 0 aliphatic carbocycles. The molecule has 0 aliphatic rings. The Balaban J connectivity index is 2.06. The molecule has 1 amide bonds. The van der Waals surface area contributed by atoms with E-state index >= 15 is 0 Å². The lowest BCUT2D eigenvalue weighted by molar-refractivity contribution is -0.123. The third-order valence-electron chi connectivity index (χ3n) is 2.49. The van der Waals surface area contributed by atoms with E-state index in [-0.39, 0.29) is 0 Å². The van der Waals surface area contributed by atoms with Gasteiger partial charge in [-0.15, -0.1) is 11.3 Å². The van der Waals surface area contributed by atoms with E-state index in [0.717, 1.165) is 10.4 Å². The topological polar surface area (TPSA) is 62.2 Å². The van der Waals surface area contributed by atoms with Gasteiger partial charge >= 0.3 is 0 Å². The molecule has 1 aromatic carbocycles. The highest BCUT2D eigenvalue weighted by Gasteiger charge is 2.11. The second-order valence-corrected chi connectivity index (χ2v) is 5.59. The summed E-state index contributed by atoms with van der Waals surface area (Å²) in [5, 5.41) is 12.8. The summed E-state index contributed by atoms with van der Waals surface area (Å²) >= 11 is 7.46. The summed E-state index contributed by atoms with van der Waals surface area (Å²) in [7, 11) is 0. The monoisotopic (exact) mass is 296 g/mol. The van der Waals surface area contributed by atoms with Crippen molar-refractivity contribution in [1.29, 1.82) is 0 Å². The smallest absolute Gasteiger partial charge is 0.254 e. The molecule has 1 unspecified atom stereocenters. The Morgan fingerprint density at radius 2 is 2.26 bits per heavy atom. The van der Waals surface area contributed by atoms with Gasteiger partial charge in [-0.3, -0.25) is 10.1 Å². The van der Waals surface area contributed by atoms with Crippen LogP contribution in [0.5, 0.6) is 0 Å². The average Bonchev–Trinajstić information content (AvgIpc) is 2.79. The SMILES string of the molecule is CC(O)C(=O)Nc1ncc(Cc2ccccc2Cl)s1. The van der Waals surface area contributed by atoms with E-state index in [1.807, 2.05) is 24.3 Å². The van der Waals surface area contributed by atoms with E-state index in [9.17, 15) is 4.79 Å². The number of hydrogen-bond donors (Lipinski definition) is 2. The Morgan fingerprint density at radius 3 is 2.95 bits per heavy atom. The summed E-state index contributed by atoms with van der Waals surface area (Å²) < 4.78 is 0. The minimum absolute atomic E-state index is 0.460. The summed E-state index contributed by atoms with van der Waals surface area (Å²) in [4.78, 5) is 16.4. The molecule has 0 spiro atoms. The van der Waals surface area contributed by atoms with Crippen molar-refractivity contribution in [1.82, 2.24) is 4.98 Å². The van der Waals surface area contributed by atoms with Crippen LogP contribution in [0.25, 0.3) is 0 Å². The predicted octanol–water partition coefficient (Wildman–Crippen LogP) is 2.71. The van der Waals surface area contributed by atoms with Gasteiger partial charge in [0.25, 0.3) is 5.91 Å². The molecule has 0 aliphatic heterocycles. The van der Waals surface area contributed by atoms with Gasteiger partial charge in [-0.1, -0.05) is 29.8 Å². The van der Waals surface area contributed by atoms with E-state index in [4.69, 9.17) is 16.7 Å². The normalized spacial score (nSPS) is 12.2. The molecule has 1 atom stereocenters. The van der Waals surface area contributed by atoms with Crippen molar-refractivity contribution in [2.75, 3.05) is 5.32 Å². The van der Waals surface area contributed by atoms with E-state index in [2.05, 4.69) is 10.3 Å². The van der Waals surface area contributed by atoms with Crippen LogP contribution in [-0.4, -0.2) is 22.1 Å². The molecule has 2 rings (SSSR count). The Labute approximate surface area is 120 Å². The maximum Gasteiger partial charge on any atom is 0.254 e. The number of aliphatic hydroxyl groups is 1. The molecule has 6 heteroatoms. The zero-order chi connectivity index (χ0) is 13.8. The summed E-state index contributed by atoms with van der Waals surface area (Å²) in [5.41, 5.74) is 1.02. The highest BCUT2D eigenvalue weighted by Crippen LogP contribution is 2.24. The molecule has 2 aromatic rings. The van der Waals surface area contributed by atoms with Gasteiger partial charge in [-0.2, -0.15) is 0 Å². The van der Waals surface area contributed by atoms with Gasteiger partial charge in [-0.25, -0.2) is 4.98 Å². The second kappa shape index (κ2) is 6.14. The highest BCUT2D eigenvalue weighted by molar-refractivity contribution is 7.15. The number of halogens is 1. The van der Waals surface area contributed by atoms with Crippen LogP contribution in [0, 0.1) is 0 Å². The predicted molar refractivity (Wildman–Crippen MR) is 76.7 cm³/mol. The van der Waals surface area contributed by atoms with Gasteiger partial charge in [0, 0.05) is 22.5 Å². The molecule has 0 bridgehead atoms. The van der Waals surface area contributed by atoms with Gasteiger partial charge in [0.2, 0.25) is 0 Å². The van der Waals surface area contributed by atoms with E-state index < -0.39 is 12.0 Å². The molecule has 4 nitrogen and oxygen atoms in total. The van der Waals surface area contributed by atoms with Gasteiger partial charge < -0.3 is 5.11 Å². The average molecular weight is 297 g/mol. The first-order valence-electron chi connectivity index (χ1n) is 5.73. The quantitative estimate of drug-likeness (QED) is 0.912. The zero-order valence-electron chi connectivity index (χ0n) is 10.3. The maximum absolute atomic E-state index is 11.3. The Hall–Kier alpha value is -1.43. The van der Waals surface area contributed by atoms with E-state index in [1.165, 1.54) is 18.3 Å². The molecule has 2 N–H and O–H groups in total. The van der Waals surface area contributed by atoms with Crippen LogP contribution in [0.3, 0.4) is 0 Å². The first kappa shape index (κ1) is 14.0. The number of carbonyl (C=O) groups excluding carboxylic acids is 1. The lowest BCUT2D eigenvalue weighted by atomic mass is 10.1. The first-order valence-corrected chi connectivity index (χ1v) is 6.92. The number of thiazole rings is 1. The fourth-order valence-electron chi connectivity index (χ4n) is 1.49. The van der Waals surface area contributed by atoms with Crippen LogP contribution in [0.15, 0.2) is 30.5 Å². The van der Waals surface area contributed by atoms with Gasteiger partial charge in [0.05, 0.1) is 0 Å². The molecule has 100 valence electrons. The number of carbonyl (C=O) groups is 1. The molecule has 0 saturated carbocycles. The summed E-state index contributed by atoms with van der Waals surface area (Å²) in [5.74, 6) is -0.460. The molecule has 1 aromatic heterocycles. The number of amides is 1. The fraction of sp³-hybridized carbons (Fsp3) is 0.231. The molecule has 0 fully saturated rings. The maximum atomic E-state index is 11.3. The fourth-order valence-corrected chi connectivity index (χ4v) is 2.53. The van der Waals surface area contributed by atoms with Crippen LogP contribution in [0.1, 0.15) is 17.4 Å². The number of benzene rings is 1. The van der Waals surface area contributed by atoms with Crippen LogP contribution >= 0.6 is 22.9 Å². The molecule has 0 radical (unpaired) electrons. The summed E-state index contributed by atoms with van der Waals surface area (Å²) in [6, 6.07) is 7.61. The number of rotatable bonds is 4. The number of anilines is 1. The van der Waals surface area contributed by atoms with Gasteiger partial charge in [0.1, 0.15) is 6.10 Å². The number of nitrogens with zero attached hydrogens (tertiary/aromatic N) is 1. The minimum atomic E-state index is -1.05. The first-order chi connectivity index (χ1) is 9.06. The van der Waals surface area contributed by atoms with E-state index in [1.54, 1.807) is 6.20 Å². The van der Waals surface area contributed by atoms with Crippen molar-refractivity contribution in [2.45, 2.75) is 19.4 Å². The van der Waals surface area contributed by atoms with Crippen molar-refractivity contribution in [3.8, 4) is 0 Å². The van der Waals surface area contributed by atoms with Crippen LogP contribution in [0.4, 0.5) is 5.13 Å². The Morgan fingerprint density at radius 1 is 1.53 bits per heavy atom. The number of aliphatic hydroxyl groups excluding tert-OH is 1. The van der Waals surface area contributed by atoms with Crippen LogP contribution < -0.4 is 5.32 Å². The lowest BCUT2D eigenvalue weighted by Crippen LogP contribution is -2.24. The Kier molecular flexibility index (Phi) is 4.52. The van der Waals surface area contributed by atoms with Gasteiger partial charge in [-0.05, 0) is 18.6 Å². The largest absolute Gasteiger partial charge is 0.384 e. The molecule has 19 heavy (non-hydrogen) atoms. The highest BCUT2D eigenvalue weighted by atomic mass is 35.5. The molecule has 1 heterocycles. The standard InChI is InChI=1S/C13H13ClN2O2S/c1-8(17)12(18)16-13-15-7-10(19-13)6-9-4-2-3-5-11(9)14/h2-5,7-8,17H,6H2,1H3,(H,15,16,18). The molecule has 0 saturated heterocycles. The molecular formula is C13H13ClN2O2S. The minimum Gasteiger partial charge on any atom is -0.384 e. The molecular weight excluding hydrogens is 284 g/mol. The second-order valence-electron chi connectivity index (χ2n) is 4.07. The van der Waals surface area contributed by atoms with E-state index in [0.29, 0.717) is 16.6 Å². The third kappa shape index (κ3) is 3.76. The third-order valence-corrected chi connectivity index (χ3v) is 3.77. The van der Waals surface area contributed by atoms with Crippen molar-refractivity contribution in [2.24, 2.45) is 0 Å². The van der Waals surface area contributed by atoms with Crippen LogP contribution in [0.2, 0.25) is 5.02 Å².